The summed E-state index contributed by atoms with van der Waals surface area (Å²) in [5.74, 6) is 0.582. The van der Waals surface area contributed by atoms with Gasteiger partial charge in [-0.2, -0.15) is 0 Å². The summed E-state index contributed by atoms with van der Waals surface area (Å²) >= 11 is 1.69. The molecule has 0 aliphatic carbocycles. The molecule has 4 heteroatoms. The van der Waals surface area contributed by atoms with Crippen LogP contribution in [-0.2, 0) is 0 Å². The largest absolute Gasteiger partial charge is 0.467 e. The van der Waals surface area contributed by atoms with E-state index in [2.05, 4.69) is 17.4 Å². The Morgan fingerprint density at radius 2 is 2.24 bits per heavy atom. The molecule has 2 rings (SSSR count). The van der Waals surface area contributed by atoms with Gasteiger partial charge in [0.1, 0.15) is 11.9 Å². The summed E-state index contributed by atoms with van der Waals surface area (Å²) in [4.78, 5) is 1.20. The van der Waals surface area contributed by atoms with Crippen LogP contribution in [0.3, 0.4) is 0 Å². The first kappa shape index (κ1) is 12.1. The van der Waals surface area contributed by atoms with Crippen LogP contribution in [0.1, 0.15) is 11.9 Å². The van der Waals surface area contributed by atoms with Gasteiger partial charge in [0.2, 0.25) is 0 Å². The molecule has 3 nitrogen and oxygen atoms in total. The Balaban J connectivity index is 1.93. The smallest absolute Gasteiger partial charge is 0.134 e. The Hall–Kier alpha value is -1.39. The van der Waals surface area contributed by atoms with Crippen molar-refractivity contribution >= 4 is 17.4 Å². The minimum Gasteiger partial charge on any atom is -0.467 e. The predicted octanol–water partition coefficient (Wildman–Crippen LogP) is 3.15. The molecule has 2 aromatic rings. The van der Waals surface area contributed by atoms with Gasteiger partial charge in [-0.3, -0.25) is 0 Å². The number of anilines is 1. The van der Waals surface area contributed by atoms with E-state index in [0.717, 1.165) is 5.69 Å². The van der Waals surface area contributed by atoms with Crippen LogP contribution in [0.5, 0.6) is 0 Å². The number of aliphatic hydroxyl groups is 1. The fraction of sp³-hybridized carbons (Fsp3) is 0.231. The lowest BCUT2D eigenvalue weighted by Crippen LogP contribution is -2.11. The summed E-state index contributed by atoms with van der Waals surface area (Å²) in [6, 6.07) is 11.6. The van der Waals surface area contributed by atoms with Gasteiger partial charge in [-0.1, -0.05) is 6.07 Å². The molecule has 1 heterocycles. The van der Waals surface area contributed by atoms with Crippen LogP contribution >= 0.6 is 11.8 Å². The van der Waals surface area contributed by atoms with Gasteiger partial charge in [-0.25, -0.2) is 0 Å². The molecule has 2 N–H and O–H groups in total. The molecule has 0 aliphatic heterocycles. The fourth-order valence-corrected chi connectivity index (χ4v) is 1.99. The number of thioether (sulfide) groups is 1. The van der Waals surface area contributed by atoms with E-state index in [4.69, 9.17) is 4.42 Å². The maximum absolute atomic E-state index is 9.84. The zero-order chi connectivity index (χ0) is 12.1. The molecule has 0 radical (unpaired) electrons. The standard InChI is InChI=1S/C13H15NO2S/c1-17-11-5-2-4-10(8-11)14-9-12(15)13-6-3-7-16-13/h2-8,12,14-15H,9H2,1H3. The highest BCUT2D eigenvalue weighted by Crippen LogP contribution is 2.20. The molecule has 1 aromatic carbocycles. The summed E-state index contributed by atoms with van der Waals surface area (Å²) in [5, 5.41) is 13.0. The van der Waals surface area contributed by atoms with Crippen LogP contribution in [0, 0.1) is 0 Å². The summed E-state index contributed by atoms with van der Waals surface area (Å²) in [6.45, 7) is 0.436. The van der Waals surface area contributed by atoms with Crippen molar-refractivity contribution in [1.29, 1.82) is 0 Å². The monoisotopic (exact) mass is 249 g/mol. The van der Waals surface area contributed by atoms with Crippen molar-refractivity contribution < 1.29 is 9.52 Å². The quantitative estimate of drug-likeness (QED) is 0.799. The normalized spacial score (nSPS) is 12.4. The predicted molar refractivity (Wildman–Crippen MR) is 70.4 cm³/mol. The lowest BCUT2D eigenvalue weighted by Gasteiger charge is -2.11. The van der Waals surface area contributed by atoms with Gasteiger partial charge in [0.15, 0.2) is 0 Å². The van der Waals surface area contributed by atoms with Crippen LogP contribution in [0.4, 0.5) is 5.69 Å². The van der Waals surface area contributed by atoms with E-state index >= 15 is 0 Å². The first-order chi connectivity index (χ1) is 8.29. The zero-order valence-corrected chi connectivity index (χ0v) is 10.4. The molecule has 0 saturated carbocycles. The number of hydrogen-bond acceptors (Lipinski definition) is 4. The van der Waals surface area contributed by atoms with Crippen molar-refractivity contribution in [2.75, 3.05) is 18.1 Å². The van der Waals surface area contributed by atoms with Gasteiger partial charge in [-0.15, -0.1) is 11.8 Å². The van der Waals surface area contributed by atoms with Crippen LogP contribution in [0.15, 0.2) is 52.0 Å². The number of aliphatic hydroxyl groups excluding tert-OH is 1. The third-order valence-electron chi connectivity index (χ3n) is 2.44. The average Bonchev–Trinajstić information content (AvgIpc) is 2.90. The molecule has 17 heavy (non-hydrogen) atoms. The molecule has 0 saturated heterocycles. The van der Waals surface area contributed by atoms with Gasteiger partial charge in [0.25, 0.3) is 0 Å². The van der Waals surface area contributed by atoms with E-state index < -0.39 is 6.10 Å². The van der Waals surface area contributed by atoms with E-state index in [0.29, 0.717) is 12.3 Å². The van der Waals surface area contributed by atoms with Gasteiger partial charge in [-0.05, 0) is 36.6 Å². The van der Waals surface area contributed by atoms with Crippen molar-refractivity contribution in [3.05, 3.63) is 48.4 Å². The Morgan fingerprint density at radius 3 is 2.94 bits per heavy atom. The van der Waals surface area contributed by atoms with Crippen molar-refractivity contribution in [3.8, 4) is 0 Å². The lowest BCUT2D eigenvalue weighted by atomic mass is 10.2. The Bertz CT molecular complexity index is 456. The van der Waals surface area contributed by atoms with Crippen LogP contribution in [0.25, 0.3) is 0 Å². The maximum Gasteiger partial charge on any atom is 0.134 e. The molecule has 0 fully saturated rings. The molecular weight excluding hydrogens is 234 g/mol. The summed E-state index contributed by atoms with van der Waals surface area (Å²) in [7, 11) is 0. The average molecular weight is 249 g/mol. The summed E-state index contributed by atoms with van der Waals surface area (Å²) in [6.07, 6.45) is 2.98. The summed E-state index contributed by atoms with van der Waals surface area (Å²) < 4.78 is 5.13. The number of furan rings is 1. The third kappa shape index (κ3) is 3.28. The molecule has 1 aromatic heterocycles. The molecule has 0 amide bonds. The fourth-order valence-electron chi connectivity index (χ4n) is 1.53. The maximum atomic E-state index is 9.84. The molecule has 0 bridgehead atoms. The van der Waals surface area contributed by atoms with Crippen molar-refractivity contribution in [2.45, 2.75) is 11.0 Å². The number of nitrogens with one attached hydrogen (secondary N) is 1. The molecule has 1 unspecified atom stereocenters. The van der Waals surface area contributed by atoms with E-state index in [-0.39, 0.29) is 0 Å². The number of hydrogen-bond donors (Lipinski definition) is 2. The van der Waals surface area contributed by atoms with Crippen LogP contribution < -0.4 is 5.32 Å². The first-order valence-electron chi connectivity index (χ1n) is 5.39. The minimum absolute atomic E-state index is 0.436. The number of benzene rings is 1. The van der Waals surface area contributed by atoms with Gasteiger partial charge in [0, 0.05) is 17.1 Å². The van der Waals surface area contributed by atoms with E-state index in [1.165, 1.54) is 4.90 Å². The van der Waals surface area contributed by atoms with E-state index in [1.807, 2.05) is 18.4 Å². The number of rotatable bonds is 5. The second kappa shape index (κ2) is 5.80. The molecule has 90 valence electrons. The topological polar surface area (TPSA) is 45.4 Å². The van der Waals surface area contributed by atoms with E-state index in [1.54, 1.807) is 30.2 Å². The van der Waals surface area contributed by atoms with Crippen LogP contribution in [0.2, 0.25) is 0 Å². The van der Waals surface area contributed by atoms with Crippen molar-refractivity contribution in [1.82, 2.24) is 0 Å². The molecule has 0 spiro atoms. The van der Waals surface area contributed by atoms with Gasteiger partial charge < -0.3 is 14.8 Å². The molecule has 1 atom stereocenters. The second-order valence-electron chi connectivity index (χ2n) is 3.64. The minimum atomic E-state index is -0.622. The Morgan fingerprint density at radius 1 is 1.35 bits per heavy atom. The van der Waals surface area contributed by atoms with Crippen molar-refractivity contribution in [3.63, 3.8) is 0 Å². The highest BCUT2D eigenvalue weighted by Gasteiger charge is 2.09. The molecular formula is C13H15NO2S. The molecule has 0 aliphatic rings. The van der Waals surface area contributed by atoms with Crippen LogP contribution in [-0.4, -0.2) is 17.9 Å². The third-order valence-corrected chi connectivity index (χ3v) is 3.17. The van der Waals surface area contributed by atoms with Crippen molar-refractivity contribution in [2.24, 2.45) is 0 Å². The Kier molecular flexibility index (Phi) is 4.12. The summed E-state index contributed by atoms with van der Waals surface area (Å²) in [5.41, 5.74) is 1.00. The van der Waals surface area contributed by atoms with E-state index in [9.17, 15) is 5.11 Å². The highest BCUT2D eigenvalue weighted by molar-refractivity contribution is 7.98. The second-order valence-corrected chi connectivity index (χ2v) is 4.52. The van der Waals surface area contributed by atoms with Gasteiger partial charge in [0.05, 0.1) is 6.26 Å². The lowest BCUT2D eigenvalue weighted by molar-refractivity contribution is 0.162. The SMILES string of the molecule is CSc1cccc(NCC(O)c2ccco2)c1. The first-order valence-corrected chi connectivity index (χ1v) is 6.61. The zero-order valence-electron chi connectivity index (χ0n) is 9.59. The van der Waals surface area contributed by atoms with Gasteiger partial charge >= 0.3 is 0 Å². The highest BCUT2D eigenvalue weighted by atomic mass is 32.2. The Labute approximate surface area is 105 Å².